The van der Waals surface area contributed by atoms with Crippen LogP contribution in [-0.4, -0.2) is 19.0 Å². The largest absolute Gasteiger partial charge is 0.381 e. The molecule has 82 valence electrons. The molecule has 0 amide bonds. The van der Waals surface area contributed by atoms with E-state index >= 15 is 0 Å². The number of Topliss-reactive ketones (excluding diaryl/α,β-unsaturated/α-hetero) is 1. The van der Waals surface area contributed by atoms with Gasteiger partial charge in [0.2, 0.25) is 0 Å². The van der Waals surface area contributed by atoms with E-state index in [2.05, 4.69) is 0 Å². The maximum absolute atomic E-state index is 11.9. The summed E-state index contributed by atoms with van der Waals surface area (Å²) >= 11 is 7.45. The lowest BCUT2D eigenvalue weighted by molar-refractivity contribution is -0.125. The number of carbonyl (C=O) groups is 1. The van der Waals surface area contributed by atoms with Crippen LogP contribution in [0.15, 0.2) is 11.4 Å². The van der Waals surface area contributed by atoms with Crippen molar-refractivity contribution in [3.63, 3.8) is 0 Å². The lowest BCUT2D eigenvalue weighted by Gasteiger charge is -2.20. The topological polar surface area (TPSA) is 26.3 Å². The summed E-state index contributed by atoms with van der Waals surface area (Å²) in [5.41, 5.74) is 0.971. The number of ketones is 1. The molecule has 0 bridgehead atoms. The van der Waals surface area contributed by atoms with Crippen LogP contribution in [0.5, 0.6) is 0 Å². The predicted molar refractivity (Wildman–Crippen MR) is 61.6 cm³/mol. The molecule has 0 unspecified atom stereocenters. The summed E-state index contributed by atoms with van der Waals surface area (Å²) in [6.45, 7) is 1.43. The third kappa shape index (κ3) is 2.80. The molecule has 1 fully saturated rings. The summed E-state index contributed by atoms with van der Waals surface area (Å²) < 4.78 is 5.98. The first-order valence-corrected chi connectivity index (χ1v) is 6.35. The summed E-state index contributed by atoms with van der Waals surface area (Å²) in [6, 6.07) is 1.93. The van der Waals surface area contributed by atoms with Gasteiger partial charge in [0.05, 0.1) is 4.34 Å². The maximum atomic E-state index is 11.9. The molecule has 0 aliphatic carbocycles. The maximum Gasteiger partial charge on any atom is 0.140 e. The highest BCUT2D eigenvalue weighted by Gasteiger charge is 2.22. The van der Waals surface area contributed by atoms with Crippen molar-refractivity contribution in [1.29, 1.82) is 0 Å². The minimum absolute atomic E-state index is 0.176. The van der Waals surface area contributed by atoms with Crippen LogP contribution < -0.4 is 0 Å². The van der Waals surface area contributed by atoms with Gasteiger partial charge in [-0.2, -0.15) is 0 Å². The van der Waals surface area contributed by atoms with Crippen LogP contribution >= 0.6 is 22.9 Å². The monoisotopic (exact) mass is 244 g/mol. The molecule has 15 heavy (non-hydrogen) atoms. The Morgan fingerprint density at radius 1 is 1.53 bits per heavy atom. The fourth-order valence-corrected chi connectivity index (χ4v) is 2.72. The lowest BCUT2D eigenvalue weighted by Crippen LogP contribution is -2.24. The van der Waals surface area contributed by atoms with Gasteiger partial charge in [0.15, 0.2) is 0 Å². The number of halogens is 1. The molecular weight excluding hydrogens is 232 g/mol. The Labute approximate surface area is 98.2 Å². The van der Waals surface area contributed by atoms with E-state index in [0.717, 1.165) is 22.7 Å². The molecule has 4 heteroatoms. The zero-order valence-corrected chi connectivity index (χ0v) is 9.94. The van der Waals surface area contributed by atoms with E-state index < -0.39 is 0 Å². The number of ether oxygens (including phenoxy) is 1. The van der Waals surface area contributed by atoms with Gasteiger partial charge >= 0.3 is 0 Å². The molecule has 1 aromatic heterocycles. The number of carbonyl (C=O) groups excluding carboxylic acids is 1. The van der Waals surface area contributed by atoms with E-state index in [9.17, 15) is 4.79 Å². The van der Waals surface area contributed by atoms with Crippen LogP contribution in [0.3, 0.4) is 0 Å². The van der Waals surface area contributed by atoms with Crippen molar-refractivity contribution < 1.29 is 9.53 Å². The molecule has 0 saturated carbocycles. The van der Waals surface area contributed by atoms with Gasteiger partial charge in [-0.3, -0.25) is 4.79 Å². The fraction of sp³-hybridized carbons (Fsp3) is 0.545. The zero-order chi connectivity index (χ0) is 10.7. The molecule has 0 atom stereocenters. The van der Waals surface area contributed by atoms with E-state index in [1.54, 1.807) is 0 Å². The summed E-state index contributed by atoms with van der Waals surface area (Å²) in [4.78, 5) is 11.9. The van der Waals surface area contributed by atoms with Crippen molar-refractivity contribution >= 4 is 28.7 Å². The third-order valence-corrected chi connectivity index (χ3v) is 3.99. The number of hydrogen-bond donors (Lipinski definition) is 0. The van der Waals surface area contributed by atoms with Gasteiger partial charge in [-0.1, -0.05) is 11.6 Å². The summed E-state index contributed by atoms with van der Waals surface area (Å²) in [6.07, 6.45) is 2.20. The smallest absolute Gasteiger partial charge is 0.140 e. The summed E-state index contributed by atoms with van der Waals surface area (Å²) in [5.74, 6) is 0.480. The van der Waals surface area contributed by atoms with E-state index in [1.807, 2.05) is 11.4 Å². The van der Waals surface area contributed by atoms with Crippen LogP contribution in [0.4, 0.5) is 0 Å². The second-order valence-electron chi connectivity index (χ2n) is 3.75. The van der Waals surface area contributed by atoms with Crippen LogP contribution in [-0.2, 0) is 16.0 Å². The molecular formula is C11H13ClO2S. The Morgan fingerprint density at radius 2 is 2.27 bits per heavy atom. The number of hydrogen-bond acceptors (Lipinski definition) is 3. The highest BCUT2D eigenvalue weighted by Crippen LogP contribution is 2.25. The van der Waals surface area contributed by atoms with Gasteiger partial charge in [0, 0.05) is 25.6 Å². The molecule has 2 rings (SSSR count). The van der Waals surface area contributed by atoms with E-state index in [4.69, 9.17) is 16.3 Å². The SMILES string of the molecule is O=C(Cc1ccsc1Cl)C1CCOCC1. The average molecular weight is 245 g/mol. The Kier molecular flexibility index (Phi) is 3.78. The van der Waals surface area contributed by atoms with Crippen molar-refractivity contribution in [3.05, 3.63) is 21.3 Å². The van der Waals surface area contributed by atoms with E-state index in [0.29, 0.717) is 25.4 Å². The molecule has 1 aromatic rings. The van der Waals surface area contributed by atoms with E-state index in [1.165, 1.54) is 11.3 Å². The van der Waals surface area contributed by atoms with Gasteiger partial charge in [0.1, 0.15) is 5.78 Å². The number of thiophene rings is 1. The second-order valence-corrected chi connectivity index (χ2v) is 5.27. The molecule has 1 saturated heterocycles. The van der Waals surface area contributed by atoms with Crippen molar-refractivity contribution in [1.82, 2.24) is 0 Å². The molecule has 0 aromatic carbocycles. The predicted octanol–water partition coefficient (Wildman–Crippen LogP) is 2.94. The van der Waals surface area contributed by atoms with Crippen molar-refractivity contribution in [2.75, 3.05) is 13.2 Å². The van der Waals surface area contributed by atoms with Gasteiger partial charge in [-0.05, 0) is 29.9 Å². The fourth-order valence-electron chi connectivity index (χ4n) is 1.80. The minimum atomic E-state index is 0.176. The van der Waals surface area contributed by atoms with Crippen molar-refractivity contribution in [3.8, 4) is 0 Å². The quantitative estimate of drug-likeness (QED) is 0.817. The lowest BCUT2D eigenvalue weighted by atomic mass is 9.92. The molecule has 2 nitrogen and oxygen atoms in total. The van der Waals surface area contributed by atoms with Crippen LogP contribution in [0.25, 0.3) is 0 Å². The van der Waals surface area contributed by atoms with Gasteiger partial charge in [-0.15, -0.1) is 11.3 Å². The molecule has 1 aliphatic rings. The summed E-state index contributed by atoms with van der Waals surface area (Å²) in [5, 5.41) is 1.93. The highest BCUT2D eigenvalue weighted by atomic mass is 35.5. The summed E-state index contributed by atoms with van der Waals surface area (Å²) in [7, 11) is 0. The first-order valence-electron chi connectivity index (χ1n) is 5.09. The van der Waals surface area contributed by atoms with Crippen LogP contribution in [0.1, 0.15) is 18.4 Å². The molecule has 0 radical (unpaired) electrons. The first kappa shape index (κ1) is 11.1. The Balaban J connectivity index is 1.94. The third-order valence-electron chi connectivity index (χ3n) is 2.73. The Hall–Kier alpha value is -0.380. The number of rotatable bonds is 3. The average Bonchev–Trinajstić information content (AvgIpc) is 2.66. The van der Waals surface area contributed by atoms with Crippen LogP contribution in [0.2, 0.25) is 4.34 Å². The second kappa shape index (κ2) is 5.10. The zero-order valence-electron chi connectivity index (χ0n) is 8.37. The van der Waals surface area contributed by atoms with Crippen molar-refractivity contribution in [2.45, 2.75) is 19.3 Å². The van der Waals surface area contributed by atoms with Gasteiger partial charge in [-0.25, -0.2) is 0 Å². The molecule has 0 N–H and O–H groups in total. The Bertz CT molecular complexity index is 342. The standard InChI is InChI=1S/C11H13ClO2S/c12-11-9(3-6-15-11)7-10(13)8-1-4-14-5-2-8/h3,6,8H,1-2,4-5,7H2. The van der Waals surface area contributed by atoms with Gasteiger partial charge in [0.25, 0.3) is 0 Å². The minimum Gasteiger partial charge on any atom is -0.381 e. The van der Waals surface area contributed by atoms with Gasteiger partial charge < -0.3 is 4.74 Å². The Morgan fingerprint density at radius 3 is 2.87 bits per heavy atom. The first-order chi connectivity index (χ1) is 7.27. The van der Waals surface area contributed by atoms with Crippen molar-refractivity contribution in [2.24, 2.45) is 5.92 Å². The molecule has 2 heterocycles. The van der Waals surface area contributed by atoms with Crippen LogP contribution in [0, 0.1) is 5.92 Å². The molecule has 1 aliphatic heterocycles. The molecule has 0 spiro atoms. The van der Waals surface area contributed by atoms with E-state index in [-0.39, 0.29) is 5.92 Å². The highest BCUT2D eigenvalue weighted by molar-refractivity contribution is 7.14. The normalized spacial score (nSPS) is 17.9.